The third-order valence-corrected chi connectivity index (χ3v) is 2.21. The number of nitrogens with zero attached hydrogens (tertiary/aromatic N) is 2. The minimum absolute atomic E-state index is 0.285. The second-order valence-electron chi connectivity index (χ2n) is 3.00. The summed E-state index contributed by atoms with van der Waals surface area (Å²) < 4.78 is 4.79. The van der Waals surface area contributed by atoms with Crippen LogP contribution in [0.25, 0.3) is 0 Å². The Morgan fingerprint density at radius 1 is 1.64 bits per heavy atom. The minimum atomic E-state index is -0.285. The van der Waals surface area contributed by atoms with E-state index in [1.54, 1.807) is 23.2 Å². The number of pyridine rings is 1. The second-order valence-corrected chi connectivity index (χ2v) is 3.44. The quantitative estimate of drug-likeness (QED) is 0.749. The molecular formula is C9H9ClN2O2. The zero-order valence-corrected chi connectivity index (χ0v) is 8.20. The van der Waals surface area contributed by atoms with E-state index in [0.717, 1.165) is 5.69 Å². The van der Waals surface area contributed by atoms with Gasteiger partial charge in [-0.2, -0.15) is 0 Å². The molecular weight excluding hydrogens is 204 g/mol. The lowest BCUT2D eigenvalue weighted by Crippen LogP contribution is -2.23. The van der Waals surface area contributed by atoms with Crippen LogP contribution in [0.2, 0.25) is 5.02 Å². The van der Waals surface area contributed by atoms with Crippen molar-refractivity contribution in [1.82, 2.24) is 9.88 Å². The molecule has 14 heavy (non-hydrogen) atoms. The molecule has 0 saturated carbocycles. The lowest BCUT2D eigenvalue weighted by molar-refractivity contribution is 0.157. The Bertz CT molecular complexity index is 356. The number of halogens is 1. The van der Waals surface area contributed by atoms with Gasteiger partial charge in [-0.25, -0.2) is 4.79 Å². The van der Waals surface area contributed by atoms with E-state index >= 15 is 0 Å². The van der Waals surface area contributed by atoms with Gasteiger partial charge < -0.3 is 4.74 Å². The van der Waals surface area contributed by atoms with Crippen molar-refractivity contribution in [2.75, 3.05) is 13.2 Å². The first kappa shape index (κ1) is 9.27. The summed E-state index contributed by atoms with van der Waals surface area (Å²) in [6.07, 6.45) is 1.34. The summed E-state index contributed by atoms with van der Waals surface area (Å²) >= 11 is 5.79. The van der Waals surface area contributed by atoms with E-state index in [0.29, 0.717) is 24.7 Å². The van der Waals surface area contributed by atoms with Gasteiger partial charge in [0.15, 0.2) is 0 Å². The van der Waals surface area contributed by atoms with Crippen LogP contribution in [0.5, 0.6) is 0 Å². The Morgan fingerprint density at radius 3 is 3.14 bits per heavy atom. The van der Waals surface area contributed by atoms with E-state index in [2.05, 4.69) is 4.98 Å². The summed E-state index contributed by atoms with van der Waals surface area (Å²) in [6, 6.07) is 3.44. The molecule has 1 aliphatic rings. The van der Waals surface area contributed by atoms with Crippen molar-refractivity contribution in [3.63, 3.8) is 0 Å². The van der Waals surface area contributed by atoms with E-state index in [1.807, 2.05) is 0 Å². The molecule has 1 fully saturated rings. The maximum Gasteiger partial charge on any atom is 0.410 e. The van der Waals surface area contributed by atoms with Crippen LogP contribution in [-0.4, -0.2) is 29.1 Å². The number of hydrogen-bond acceptors (Lipinski definition) is 3. The maximum absolute atomic E-state index is 11.1. The van der Waals surface area contributed by atoms with Gasteiger partial charge in [0.1, 0.15) is 6.61 Å². The predicted octanol–water partition coefficient (Wildman–Crippen LogP) is 1.69. The average Bonchev–Trinajstić information content (AvgIpc) is 2.52. The summed E-state index contributed by atoms with van der Waals surface area (Å²) in [6.45, 7) is 1.53. The summed E-state index contributed by atoms with van der Waals surface area (Å²) in [5, 5.41) is 0.627. The van der Waals surface area contributed by atoms with Gasteiger partial charge in [-0.3, -0.25) is 9.88 Å². The van der Waals surface area contributed by atoms with Gasteiger partial charge in [0.2, 0.25) is 0 Å². The van der Waals surface area contributed by atoms with Crippen LogP contribution in [-0.2, 0) is 11.3 Å². The second kappa shape index (κ2) is 3.84. The maximum atomic E-state index is 11.1. The molecule has 1 aromatic heterocycles. The molecule has 0 aliphatic carbocycles. The molecule has 0 radical (unpaired) electrons. The van der Waals surface area contributed by atoms with Gasteiger partial charge in [0.25, 0.3) is 0 Å². The van der Waals surface area contributed by atoms with Crippen molar-refractivity contribution in [1.29, 1.82) is 0 Å². The lowest BCUT2D eigenvalue weighted by atomic mass is 10.3. The Hall–Kier alpha value is -1.29. The zero-order chi connectivity index (χ0) is 9.97. The van der Waals surface area contributed by atoms with Crippen LogP contribution in [0.4, 0.5) is 4.79 Å². The van der Waals surface area contributed by atoms with E-state index in [4.69, 9.17) is 16.3 Å². The molecule has 2 heterocycles. The lowest BCUT2D eigenvalue weighted by Gasteiger charge is -2.11. The summed E-state index contributed by atoms with van der Waals surface area (Å²) in [4.78, 5) is 16.8. The van der Waals surface area contributed by atoms with Gasteiger partial charge >= 0.3 is 6.09 Å². The third kappa shape index (κ3) is 1.96. The molecule has 0 atom stereocenters. The number of ether oxygens (including phenoxy) is 1. The fourth-order valence-electron chi connectivity index (χ4n) is 1.30. The van der Waals surface area contributed by atoms with E-state index in [-0.39, 0.29) is 6.09 Å². The smallest absolute Gasteiger partial charge is 0.410 e. The molecule has 0 bridgehead atoms. The fourth-order valence-corrected chi connectivity index (χ4v) is 1.48. The molecule has 0 unspecified atom stereocenters. The highest BCUT2D eigenvalue weighted by Crippen LogP contribution is 2.12. The topological polar surface area (TPSA) is 42.4 Å². The van der Waals surface area contributed by atoms with Crippen LogP contribution in [0.15, 0.2) is 18.3 Å². The van der Waals surface area contributed by atoms with E-state index < -0.39 is 0 Å². The number of aromatic nitrogens is 1. The molecule has 0 aromatic carbocycles. The summed E-state index contributed by atoms with van der Waals surface area (Å²) in [5.74, 6) is 0. The van der Waals surface area contributed by atoms with Crippen LogP contribution in [0.1, 0.15) is 5.69 Å². The van der Waals surface area contributed by atoms with Gasteiger partial charge in [-0.15, -0.1) is 0 Å². The molecule has 1 amide bonds. The average molecular weight is 213 g/mol. The first-order chi connectivity index (χ1) is 6.75. The fraction of sp³-hybridized carbons (Fsp3) is 0.333. The van der Waals surface area contributed by atoms with Crippen LogP contribution in [0, 0.1) is 0 Å². The molecule has 4 nitrogen and oxygen atoms in total. The van der Waals surface area contributed by atoms with Crippen molar-refractivity contribution in [2.24, 2.45) is 0 Å². The molecule has 0 spiro atoms. The Balaban J connectivity index is 2.07. The van der Waals surface area contributed by atoms with Crippen LogP contribution < -0.4 is 0 Å². The summed E-state index contributed by atoms with van der Waals surface area (Å²) in [5.41, 5.74) is 0.774. The van der Waals surface area contributed by atoms with Crippen molar-refractivity contribution >= 4 is 17.7 Å². The molecule has 2 rings (SSSR count). The van der Waals surface area contributed by atoms with Gasteiger partial charge in [-0.05, 0) is 12.1 Å². The molecule has 74 valence electrons. The van der Waals surface area contributed by atoms with Gasteiger partial charge in [0.05, 0.1) is 18.8 Å². The van der Waals surface area contributed by atoms with E-state index in [1.165, 1.54) is 0 Å². The predicted molar refractivity (Wildman–Crippen MR) is 51.0 cm³/mol. The first-order valence-electron chi connectivity index (χ1n) is 4.28. The van der Waals surface area contributed by atoms with Gasteiger partial charge in [-0.1, -0.05) is 11.6 Å². The minimum Gasteiger partial charge on any atom is -0.448 e. The SMILES string of the molecule is O=C1OCCN1Cc1cc(Cl)ccn1. The molecule has 1 aliphatic heterocycles. The standard InChI is InChI=1S/C9H9ClN2O2/c10-7-1-2-11-8(5-7)6-12-3-4-14-9(12)13/h1-2,5H,3-4,6H2. The number of carbonyl (C=O) groups is 1. The van der Waals surface area contributed by atoms with Crippen LogP contribution in [0.3, 0.4) is 0 Å². The van der Waals surface area contributed by atoms with Crippen molar-refractivity contribution in [3.8, 4) is 0 Å². The number of cyclic esters (lactones) is 1. The van der Waals surface area contributed by atoms with Crippen molar-refractivity contribution in [2.45, 2.75) is 6.54 Å². The first-order valence-corrected chi connectivity index (χ1v) is 4.65. The molecule has 1 aromatic rings. The molecule has 5 heteroatoms. The Morgan fingerprint density at radius 2 is 2.50 bits per heavy atom. The van der Waals surface area contributed by atoms with Crippen LogP contribution >= 0.6 is 11.6 Å². The normalized spacial score (nSPS) is 15.8. The highest BCUT2D eigenvalue weighted by molar-refractivity contribution is 6.30. The van der Waals surface area contributed by atoms with Gasteiger partial charge in [0, 0.05) is 11.2 Å². The zero-order valence-electron chi connectivity index (χ0n) is 7.44. The number of hydrogen-bond donors (Lipinski definition) is 0. The van der Waals surface area contributed by atoms with Crippen molar-refractivity contribution < 1.29 is 9.53 Å². The molecule has 0 N–H and O–H groups in total. The van der Waals surface area contributed by atoms with Crippen molar-refractivity contribution in [3.05, 3.63) is 29.0 Å². The van der Waals surface area contributed by atoms with E-state index in [9.17, 15) is 4.79 Å². The number of rotatable bonds is 2. The highest BCUT2D eigenvalue weighted by Gasteiger charge is 2.22. The summed E-state index contributed by atoms with van der Waals surface area (Å²) in [7, 11) is 0. The monoisotopic (exact) mass is 212 g/mol. The number of carbonyl (C=O) groups excluding carboxylic acids is 1. The third-order valence-electron chi connectivity index (χ3n) is 1.98. The number of amides is 1. The Labute approximate surface area is 86.4 Å². The highest BCUT2D eigenvalue weighted by atomic mass is 35.5. The molecule has 1 saturated heterocycles. The largest absolute Gasteiger partial charge is 0.448 e. The Kier molecular flexibility index (Phi) is 2.54.